The monoisotopic (exact) mass is 399 g/mol. The zero-order chi connectivity index (χ0) is 20.9. The predicted octanol–water partition coefficient (Wildman–Crippen LogP) is 5.15. The van der Waals surface area contributed by atoms with Crippen molar-refractivity contribution in [2.75, 3.05) is 13.2 Å². The molecule has 0 aliphatic carbocycles. The molecule has 0 N–H and O–H groups in total. The average Bonchev–Trinajstić information content (AvgIpc) is 3.13. The van der Waals surface area contributed by atoms with Crippen molar-refractivity contribution in [2.24, 2.45) is 4.99 Å². The first-order valence-corrected chi connectivity index (χ1v) is 9.70. The molecule has 0 bridgehead atoms. The SMILES string of the molecule is C=CCOc1ccc(/C=C2\N=C(c3ccc4ccccc4c3)OC2=O)cc1OCC. The average molecular weight is 399 g/mol. The summed E-state index contributed by atoms with van der Waals surface area (Å²) in [4.78, 5) is 16.8. The topological polar surface area (TPSA) is 57.1 Å². The van der Waals surface area contributed by atoms with Crippen molar-refractivity contribution in [2.45, 2.75) is 6.92 Å². The van der Waals surface area contributed by atoms with Crippen LogP contribution in [0.3, 0.4) is 0 Å². The number of carbonyl (C=O) groups is 1. The standard InChI is InChI=1S/C25H21NO4/c1-3-13-29-22-12-9-17(15-23(22)28-4-2)14-21-25(27)30-24(26-21)20-11-10-18-7-5-6-8-19(18)16-20/h3,5-12,14-16H,1,4,13H2,2H3/b21-14-. The largest absolute Gasteiger partial charge is 0.490 e. The normalized spacial score (nSPS) is 14.5. The zero-order valence-electron chi connectivity index (χ0n) is 16.6. The Morgan fingerprint density at radius 2 is 1.83 bits per heavy atom. The maximum Gasteiger partial charge on any atom is 0.363 e. The summed E-state index contributed by atoms with van der Waals surface area (Å²) in [5, 5.41) is 2.17. The van der Waals surface area contributed by atoms with Crippen molar-refractivity contribution in [1.82, 2.24) is 0 Å². The molecule has 0 unspecified atom stereocenters. The highest BCUT2D eigenvalue weighted by Gasteiger charge is 2.24. The van der Waals surface area contributed by atoms with Gasteiger partial charge in [-0.3, -0.25) is 0 Å². The molecule has 30 heavy (non-hydrogen) atoms. The number of hydrogen-bond acceptors (Lipinski definition) is 5. The van der Waals surface area contributed by atoms with E-state index in [2.05, 4.69) is 11.6 Å². The maximum atomic E-state index is 12.4. The van der Waals surface area contributed by atoms with E-state index in [0.717, 1.165) is 21.9 Å². The van der Waals surface area contributed by atoms with Gasteiger partial charge in [0.05, 0.1) is 6.61 Å². The van der Waals surface area contributed by atoms with Crippen molar-refractivity contribution in [3.05, 3.63) is 90.1 Å². The van der Waals surface area contributed by atoms with Crippen LogP contribution in [0.15, 0.2) is 84.0 Å². The molecule has 0 radical (unpaired) electrons. The van der Waals surface area contributed by atoms with Gasteiger partial charge in [-0.05, 0) is 53.6 Å². The van der Waals surface area contributed by atoms with Gasteiger partial charge in [0.25, 0.3) is 0 Å². The molecule has 0 aromatic heterocycles. The fraction of sp³-hybridized carbons (Fsp3) is 0.120. The van der Waals surface area contributed by atoms with Gasteiger partial charge >= 0.3 is 5.97 Å². The lowest BCUT2D eigenvalue weighted by Crippen LogP contribution is -2.05. The summed E-state index contributed by atoms with van der Waals surface area (Å²) in [5.41, 5.74) is 1.76. The van der Waals surface area contributed by atoms with E-state index in [-0.39, 0.29) is 5.70 Å². The molecule has 3 aromatic carbocycles. The Morgan fingerprint density at radius 3 is 2.63 bits per heavy atom. The van der Waals surface area contributed by atoms with Gasteiger partial charge in [0.1, 0.15) is 6.61 Å². The lowest BCUT2D eigenvalue weighted by molar-refractivity contribution is -0.129. The van der Waals surface area contributed by atoms with E-state index in [9.17, 15) is 4.79 Å². The van der Waals surface area contributed by atoms with Gasteiger partial charge in [-0.15, -0.1) is 0 Å². The summed E-state index contributed by atoms with van der Waals surface area (Å²) < 4.78 is 16.7. The van der Waals surface area contributed by atoms with Crippen LogP contribution >= 0.6 is 0 Å². The lowest BCUT2D eigenvalue weighted by Gasteiger charge is -2.11. The van der Waals surface area contributed by atoms with Crippen molar-refractivity contribution >= 4 is 28.7 Å². The molecule has 3 aromatic rings. The molecule has 0 spiro atoms. The van der Waals surface area contributed by atoms with E-state index in [1.807, 2.05) is 61.5 Å². The van der Waals surface area contributed by atoms with Crippen molar-refractivity contribution in [1.29, 1.82) is 0 Å². The van der Waals surface area contributed by atoms with Gasteiger partial charge in [-0.25, -0.2) is 9.79 Å². The van der Waals surface area contributed by atoms with Crippen molar-refractivity contribution < 1.29 is 19.0 Å². The molecule has 150 valence electrons. The number of ether oxygens (including phenoxy) is 3. The second-order valence-electron chi connectivity index (χ2n) is 6.64. The predicted molar refractivity (Wildman–Crippen MR) is 118 cm³/mol. The van der Waals surface area contributed by atoms with E-state index in [1.165, 1.54) is 0 Å². The Labute approximate surface area is 174 Å². The molecule has 5 nitrogen and oxygen atoms in total. The summed E-state index contributed by atoms with van der Waals surface area (Å²) >= 11 is 0. The minimum atomic E-state index is -0.483. The Balaban J connectivity index is 1.64. The first kappa shape index (κ1) is 19.5. The Bertz CT molecular complexity index is 1180. The number of rotatable bonds is 7. The molecule has 0 amide bonds. The van der Waals surface area contributed by atoms with Crippen LogP contribution in [-0.4, -0.2) is 25.1 Å². The highest BCUT2D eigenvalue weighted by atomic mass is 16.6. The van der Waals surface area contributed by atoms with Crippen LogP contribution in [-0.2, 0) is 9.53 Å². The number of aliphatic imine (C=N–C) groups is 1. The van der Waals surface area contributed by atoms with Crippen LogP contribution < -0.4 is 9.47 Å². The van der Waals surface area contributed by atoms with Crippen LogP contribution in [0.1, 0.15) is 18.1 Å². The molecule has 0 saturated heterocycles. The van der Waals surface area contributed by atoms with E-state index in [4.69, 9.17) is 14.2 Å². The number of nitrogens with zero attached hydrogens (tertiary/aromatic N) is 1. The smallest absolute Gasteiger partial charge is 0.363 e. The maximum absolute atomic E-state index is 12.4. The second kappa shape index (κ2) is 8.66. The minimum absolute atomic E-state index is 0.236. The number of benzene rings is 3. The van der Waals surface area contributed by atoms with Gasteiger partial charge in [-0.1, -0.05) is 49.1 Å². The van der Waals surface area contributed by atoms with E-state index in [0.29, 0.717) is 30.6 Å². The molecule has 1 aliphatic rings. The van der Waals surface area contributed by atoms with E-state index < -0.39 is 5.97 Å². The van der Waals surface area contributed by atoms with E-state index >= 15 is 0 Å². The van der Waals surface area contributed by atoms with Crippen molar-refractivity contribution in [3.63, 3.8) is 0 Å². The summed E-state index contributed by atoms with van der Waals surface area (Å²) in [5.74, 6) is 1.03. The van der Waals surface area contributed by atoms with Gasteiger partial charge in [-0.2, -0.15) is 0 Å². The molecular weight excluding hydrogens is 378 g/mol. The van der Waals surface area contributed by atoms with Crippen LogP contribution in [0.2, 0.25) is 0 Å². The van der Waals surface area contributed by atoms with Crippen LogP contribution in [0, 0.1) is 0 Å². The van der Waals surface area contributed by atoms with E-state index in [1.54, 1.807) is 18.2 Å². The fourth-order valence-electron chi connectivity index (χ4n) is 3.16. The third kappa shape index (κ3) is 4.10. The Hall–Kier alpha value is -3.86. The highest BCUT2D eigenvalue weighted by molar-refractivity contribution is 6.13. The Kier molecular flexibility index (Phi) is 5.61. The van der Waals surface area contributed by atoms with Crippen LogP contribution in [0.5, 0.6) is 11.5 Å². The summed E-state index contributed by atoms with van der Waals surface area (Å²) in [6.07, 6.45) is 3.35. The molecule has 0 atom stereocenters. The number of fused-ring (bicyclic) bond motifs is 1. The fourth-order valence-corrected chi connectivity index (χ4v) is 3.16. The second-order valence-corrected chi connectivity index (χ2v) is 6.64. The third-order valence-electron chi connectivity index (χ3n) is 4.54. The van der Waals surface area contributed by atoms with Crippen molar-refractivity contribution in [3.8, 4) is 11.5 Å². The quantitative estimate of drug-likeness (QED) is 0.313. The summed E-state index contributed by atoms with van der Waals surface area (Å²) in [6.45, 7) is 6.43. The molecule has 0 fully saturated rings. The molecule has 1 heterocycles. The lowest BCUT2D eigenvalue weighted by atomic mass is 10.1. The molecule has 0 saturated carbocycles. The van der Waals surface area contributed by atoms with Crippen LogP contribution in [0.4, 0.5) is 0 Å². The number of cyclic esters (lactones) is 1. The number of hydrogen-bond donors (Lipinski definition) is 0. The Morgan fingerprint density at radius 1 is 1.00 bits per heavy atom. The summed E-state index contributed by atoms with van der Waals surface area (Å²) in [7, 11) is 0. The van der Waals surface area contributed by atoms with Crippen LogP contribution in [0.25, 0.3) is 16.8 Å². The third-order valence-corrected chi connectivity index (χ3v) is 4.54. The first-order chi connectivity index (χ1) is 14.7. The molecular formula is C25H21NO4. The molecule has 1 aliphatic heterocycles. The molecule has 4 rings (SSSR count). The highest BCUT2D eigenvalue weighted by Crippen LogP contribution is 2.30. The van der Waals surface area contributed by atoms with Gasteiger partial charge in [0.2, 0.25) is 5.90 Å². The zero-order valence-corrected chi connectivity index (χ0v) is 16.6. The minimum Gasteiger partial charge on any atom is -0.490 e. The van der Waals surface area contributed by atoms with Gasteiger partial charge in [0, 0.05) is 5.56 Å². The molecule has 5 heteroatoms. The first-order valence-electron chi connectivity index (χ1n) is 9.70. The number of esters is 1. The number of carbonyl (C=O) groups excluding carboxylic acids is 1. The summed E-state index contributed by atoms with van der Waals surface area (Å²) in [6, 6.07) is 19.3. The van der Waals surface area contributed by atoms with Gasteiger partial charge in [0.15, 0.2) is 17.2 Å². The van der Waals surface area contributed by atoms with Gasteiger partial charge < -0.3 is 14.2 Å².